The highest BCUT2D eigenvalue weighted by Gasteiger charge is 2.24. The Morgan fingerprint density at radius 2 is 1.94 bits per heavy atom. The molecule has 2 rings (SSSR count). The van der Waals surface area contributed by atoms with Crippen LogP contribution in [0.3, 0.4) is 0 Å². The lowest BCUT2D eigenvalue weighted by atomic mass is 9.90. The van der Waals surface area contributed by atoms with Gasteiger partial charge in [0.05, 0.1) is 16.6 Å². The van der Waals surface area contributed by atoms with Crippen molar-refractivity contribution in [2.75, 3.05) is 5.73 Å². The highest BCUT2D eigenvalue weighted by molar-refractivity contribution is 5.93. The van der Waals surface area contributed by atoms with E-state index in [1.165, 1.54) is 0 Å². The Balaban J connectivity index is 2.94. The third kappa shape index (κ3) is 1.45. The number of aromatic nitrogens is 3. The molecule has 2 aromatic heterocycles. The van der Waals surface area contributed by atoms with Gasteiger partial charge in [-0.2, -0.15) is 5.10 Å². The maximum absolute atomic E-state index is 5.97. The topological polar surface area (TPSA) is 56.7 Å². The smallest absolute Gasteiger partial charge is 0.134 e. The molecule has 0 unspecified atom stereocenters. The number of hydrogen-bond acceptors (Lipinski definition) is 3. The van der Waals surface area contributed by atoms with E-state index >= 15 is 0 Å². The zero-order valence-electron chi connectivity index (χ0n) is 10.5. The van der Waals surface area contributed by atoms with E-state index in [4.69, 9.17) is 5.73 Å². The third-order valence-electron chi connectivity index (χ3n) is 2.78. The van der Waals surface area contributed by atoms with Crippen LogP contribution in [-0.2, 0) is 12.5 Å². The molecule has 2 heterocycles. The first-order valence-electron chi connectivity index (χ1n) is 5.40. The second kappa shape index (κ2) is 3.20. The van der Waals surface area contributed by atoms with Crippen molar-refractivity contribution in [3.05, 3.63) is 17.5 Å². The number of anilines is 1. The molecular formula is C12H18N4. The van der Waals surface area contributed by atoms with Crippen molar-refractivity contribution in [3.8, 4) is 0 Å². The lowest BCUT2D eigenvalue weighted by molar-refractivity contribution is 0.558. The maximum Gasteiger partial charge on any atom is 0.134 e. The lowest BCUT2D eigenvalue weighted by Crippen LogP contribution is -2.13. The fourth-order valence-corrected chi connectivity index (χ4v) is 2.04. The first-order valence-corrected chi connectivity index (χ1v) is 5.40. The molecular weight excluding hydrogens is 200 g/mol. The predicted molar refractivity (Wildman–Crippen MR) is 66.4 cm³/mol. The van der Waals surface area contributed by atoms with Gasteiger partial charge < -0.3 is 5.73 Å². The summed E-state index contributed by atoms with van der Waals surface area (Å²) < 4.78 is 1.89. The summed E-state index contributed by atoms with van der Waals surface area (Å²) in [5.41, 5.74) is 9.15. The monoisotopic (exact) mass is 218 g/mol. The number of hydrogen-bond donors (Lipinski definition) is 1. The Bertz CT molecular complexity index is 546. The first kappa shape index (κ1) is 10.9. The lowest BCUT2D eigenvalue weighted by Gasteiger charge is -2.15. The Morgan fingerprint density at radius 3 is 2.50 bits per heavy atom. The number of nitrogen functional groups attached to an aromatic ring is 1. The van der Waals surface area contributed by atoms with Gasteiger partial charge in [-0.3, -0.25) is 4.68 Å². The summed E-state index contributed by atoms with van der Waals surface area (Å²) in [4.78, 5) is 4.22. The molecule has 4 nitrogen and oxygen atoms in total. The standard InChI is InChI=1S/C12H18N4/c1-7-6-14-11(13)8-9(7)16(5)15-10(8)12(2,3)4/h6H,1-5H3,(H2,13,14). The molecule has 2 N–H and O–H groups in total. The third-order valence-corrected chi connectivity index (χ3v) is 2.78. The highest BCUT2D eigenvalue weighted by atomic mass is 15.3. The average Bonchev–Trinajstić information content (AvgIpc) is 2.51. The van der Waals surface area contributed by atoms with Gasteiger partial charge in [0.15, 0.2) is 0 Å². The molecule has 0 aliphatic heterocycles. The summed E-state index contributed by atoms with van der Waals surface area (Å²) in [7, 11) is 1.95. The van der Waals surface area contributed by atoms with Gasteiger partial charge in [-0.05, 0) is 12.5 Å². The van der Waals surface area contributed by atoms with Crippen molar-refractivity contribution in [2.45, 2.75) is 33.1 Å². The summed E-state index contributed by atoms with van der Waals surface area (Å²) in [6, 6.07) is 0. The maximum atomic E-state index is 5.97. The van der Waals surface area contributed by atoms with Crippen molar-refractivity contribution in [1.82, 2.24) is 14.8 Å². The quantitative estimate of drug-likeness (QED) is 0.737. The normalized spacial score (nSPS) is 12.3. The van der Waals surface area contributed by atoms with Crippen LogP contribution in [-0.4, -0.2) is 14.8 Å². The molecule has 0 saturated carbocycles. The average molecular weight is 218 g/mol. The van der Waals surface area contributed by atoms with Crippen LogP contribution in [0, 0.1) is 6.92 Å². The molecule has 0 atom stereocenters. The van der Waals surface area contributed by atoms with Crippen molar-refractivity contribution < 1.29 is 0 Å². The summed E-state index contributed by atoms with van der Waals surface area (Å²) in [5.74, 6) is 0.568. The molecule has 0 amide bonds. The number of pyridine rings is 1. The van der Waals surface area contributed by atoms with E-state index in [2.05, 4.69) is 30.9 Å². The molecule has 86 valence electrons. The zero-order valence-corrected chi connectivity index (χ0v) is 10.5. The van der Waals surface area contributed by atoms with Crippen LogP contribution in [0.25, 0.3) is 10.9 Å². The molecule has 0 fully saturated rings. The minimum absolute atomic E-state index is 0.0247. The summed E-state index contributed by atoms with van der Waals surface area (Å²) in [5, 5.41) is 5.57. The van der Waals surface area contributed by atoms with E-state index in [1.807, 2.05) is 18.7 Å². The molecule has 0 aliphatic carbocycles. The van der Waals surface area contributed by atoms with E-state index in [9.17, 15) is 0 Å². The van der Waals surface area contributed by atoms with E-state index in [1.54, 1.807) is 6.20 Å². The van der Waals surface area contributed by atoms with Crippen LogP contribution < -0.4 is 5.73 Å². The first-order chi connectivity index (χ1) is 7.32. The van der Waals surface area contributed by atoms with Crippen molar-refractivity contribution >= 4 is 16.7 Å². The van der Waals surface area contributed by atoms with Crippen LogP contribution >= 0.6 is 0 Å². The van der Waals surface area contributed by atoms with Crippen molar-refractivity contribution in [3.63, 3.8) is 0 Å². The molecule has 16 heavy (non-hydrogen) atoms. The summed E-state index contributed by atoms with van der Waals surface area (Å²) in [6.45, 7) is 8.44. The Hall–Kier alpha value is -1.58. The van der Waals surface area contributed by atoms with Crippen LogP contribution in [0.2, 0.25) is 0 Å². The van der Waals surface area contributed by atoms with E-state index in [0.717, 1.165) is 22.2 Å². The van der Waals surface area contributed by atoms with Crippen molar-refractivity contribution in [2.24, 2.45) is 7.05 Å². The van der Waals surface area contributed by atoms with Gasteiger partial charge in [-0.15, -0.1) is 0 Å². The van der Waals surface area contributed by atoms with Gasteiger partial charge in [0.1, 0.15) is 5.82 Å². The Morgan fingerprint density at radius 1 is 1.31 bits per heavy atom. The number of nitrogens with zero attached hydrogens (tertiary/aromatic N) is 3. The largest absolute Gasteiger partial charge is 0.383 e. The van der Waals surface area contributed by atoms with Crippen LogP contribution in [0.5, 0.6) is 0 Å². The minimum atomic E-state index is -0.0247. The molecule has 4 heteroatoms. The van der Waals surface area contributed by atoms with Crippen LogP contribution in [0.4, 0.5) is 5.82 Å². The van der Waals surface area contributed by atoms with Gasteiger partial charge in [0, 0.05) is 18.7 Å². The van der Waals surface area contributed by atoms with E-state index in [0.29, 0.717) is 5.82 Å². The van der Waals surface area contributed by atoms with Crippen LogP contribution in [0.1, 0.15) is 32.0 Å². The van der Waals surface area contributed by atoms with Gasteiger partial charge in [0.25, 0.3) is 0 Å². The number of fused-ring (bicyclic) bond motifs is 1. The van der Waals surface area contributed by atoms with Gasteiger partial charge in [-0.25, -0.2) is 4.98 Å². The predicted octanol–water partition coefficient (Wildman–Crippen LogP) is 2.16. The molecule has 0 bridgehead atoms. The number of rotatable bonds is 0. The van der Waals surface area contributed by atoms with Gasteiger partial charge >= 0.3 is 0 Å². The SMILES string of the molecule is Cc1cnc(N)c2c(C(C)(C)C)nn(C)c12. The second-order valence-corrected chi connectivity index (χ2v) is 5.27. The zero-order chi connectivity index (χ0) is 12.1. The number of aryl methyl sites for hydroxylation is 2. The second-order valence-electron chi connectivity index (χ2n) is 5.27. The number of nitrogens with two attached hydrogens (primary N) is 1. The molecule has 0 spiro atoms. The minimum Gasteiger partial charge on any atom is -0.383 e. The molecule has 0 aromatic carbocycles. The van der Waals surface area contributed by atoms with Gasteiger partial charge in [-0.1, -0.05) is 20.8 Å². The fraction of sp³-hybridized carbons (Fsp3) is 0.500. The Labute approximate surface area is 95.5 Å². The molecule has 2 aromatic rings. The molecule has 0 aliphatic rings. The van der Waals surface area contributed by atoms with E-state index in [-0.39, 0.29) is 5.41 Å². The molecule has 0 radical (unpaired) electrons. The summed E-state index contributed by atoms with van der Waals surface area (Å²) >= 11 is 0. The summed E-state index contributed by atoms with van der Waals surface area (Å²) in [6.07, 6.45) is 1.80. The fourth-order valence-electron chi connectivity index (χ4n) is 2.04. The van der Waals surface area contributed by atoms with Gasteiger partial charge in [0.2, 0.25) is 0 Å². The highest BCUT2D eigenvalue weighted by Crippen LogP contribution is 2.32. The molecule has 0 saturated heterocycles. The van der Waals surface area contributed by atoms with E-state index < -0.39 is 0 Å². The Kier molecular flexibility index (Phi) is 2.19. The van der Waals surface area contributed by atoms with Crippen molar-refractivity contribution in [1.29, 1.82) is 0 Å². The van der Waals surface area contributed by atoms with Crippen LogP contribution in [0.15, 0.2) is 6.20 Å².